The van der Waals surface area contributed by atoms with Crippen LogP contribution in [-0.4, -0.2) is 16.6 Å². The van der Waals surface area contributed by atoms with Gasteiger partial charge in [0.25, 0.3) is 5.91 Å². The molecule has 0 saturated heterocycles. The highest BCUT2D eigenvalue weighted by atomic mass is 16.2. The van der Waals surface area contributed by atoms with E-state index in [1.165, 1.54) is 19.3 Å². The number of aromatic nitrogens is 1. The first-order valence-electron chi connectivity index (χ1n) is 7.18. The minimum absolute atomic E-state index is 0.146. The quantitative estimate of drug-likeness (QED) is 0.806. The third kappa shape index (κ3) is 2.46. The SMILES string of the molecule is CC1CCCCC1=NNC(=O)c1c[nH]c2ccccc12. The largest absolute Gasteiger partial charge is 0.360 e. The fourth-order valence-electron chi connectivity index (χ4n) is 2.78. The molecule has 104 valence electrons. The van der Waals surface area contributed by atoms with Crippen molar-refractivity contribution < 1.29 is 4.79 Å². The van der Waals surface area contributed by atoms with Gasteiger partial charge in [-0.15, -0.1) is 0 Å². The van der Waals surface area contributed by atoms with Gasteiger partial charge in [0.2, 0.25) is 0 Å². The molecule has 0 spiro atoms. The van der Waals surface area contributed by atoms with Crippen LogP contribution in [0.3, 0.4) is 0 Å². The normalized spacial score (nSPS) is 21.2. The molecule has 2 N–H and O–H groups in total. The molecule has 2 aromatic rings. The van der Waals surface area contributed by atoms with Crippen molar-refractivity contribution in [2.24, 2.45) is 11.0 Å². The molecule has 4 heteroatoms. The van der Waals surface area contributed by atoms with Gasteiger partial charge in [0.1, 0.15) is 0 Å². The number of nitrogens with zero attached hydrogens (tertiary/aromatic N) is 1. The van der Waals surface area contributed by atoms with Gasteiger partial charge in [-0.3, -0.25) is 4.79 Å². The van der Waals surface area contributed by atoms with E-state index in [4.69, 9.17) is 0 Å². The monoisotopic (exact) mass is 269 g/mol. The highest BCUT2D eigenvalue weighted by molar-refractivity contribution is 6.07. The van der Waals surface area contributed by atoms with Gasteiger partial charge in [0, 0.05) is 22.8 Å². The number of carbonyl (C=O) groups is 1. The molecular formula is C16H19N3O. The predicted molar refractivity (Wildman–Crippen MR) is 80.8 cm³/mol. The second kappa shape index (κ2) is 5.49. The Morgan fingerprint density at radius 2 is 2.20 bits per heavy atom. The molecule has 1 aliphatic rings. The molecule has 3 rings (SSSR count). The molecule has 1 heterocycles. The zero-order chi connectivity index (χ0) is 13.9. The summed E-state index contributed by atoms with van der Waals surface area (Å²) in [6, 6.07) is 7.78. The first kappa shape index (κ1) is 12.9. The molecule has 0 bridgehead atoms. The summed E-state index contributed by atoms with van der Waals surface area (Å²) >= 11 is 0. The van der Waals surface area contributed by atoms with Crippen LogP contribution < -0.4 is 5.43 Å². The lowest BCUT2D eigenvalue weighted by Gasteiger charge is -2.19. The number of hydrogen-bond acceptors (Lipinski definition) is 2. The molecule has 1 atom stereocenters. The number of nitrogens with one attached hydrogen (secondary N) is 2. The average Bonchev–Trinajstić information content (AvgIpc) is 2.90. The molecule has 1 fully saturated rings. The van der Waals surface area contributed by atoms with E-state index in [1.54, 1.807) is 6.20 Å². The smallest absolute Gasteiger partial charge is 0.273 e. The number of fused-ring (bicyclic) bond motifs is 1. The maximum atomic E-state index is 12.2. The first-order valence-corrected chi connectivity index (χ1v) is 7.18. The summed E-state index contributed by atoms with van der Waals surface area (Å²) in [5, 5.41) is 5.26. The molecule has 1 saturated carbocycles. The number of benzene rings is 1. The van der Waals surface area contributed by atoms with E-state index in [0.717, 1.165) is 23.0 Å². The van der Waals surface area contributed by atoms with Gasteiger partial charge in [0.05, 0.1) is 5.56 Å². The second-order valence-corrected chi connectivity index (χ2v) is 5.44. The summed E-state index contributed by atoms with van der Waals surface area (Å²) in [6.07, 6.45) is 6.34. The van der Waals surface area contributed by atoms with Gasteiger partial charge in [0.15, 0.2) is 0 Å². The van der Waals surface area contributed by atoms with Crippen molar-refractivity contribution in [2.45, 2.75) is 32.6 Å². The van der Waals surface area contributed by atoms with Crippen LogP contribution in [0.15, 0.2) is 35.6 Å². The van der Waals surface area contributed by atoms with E-state index in [2.05, 4.69) is 22.4 Å². The molecule has 20 heavy (non-hydrogen) atoms. The van der Waals surface area contributed by atoms with E-state index in [-0.39, 0.29) is 5.91 Å². The Bertz CT molecular complexity index is 657. The summed E-state index contributed by atoms with van der Waals surface area (Å²) in [5.41, 5.74) is 5.44. The minimum Gasteiger partial charge on any atom is -0.360 e. The van der Waals surface area contributed by atoms with Gasteiger partial charge < -0.3 is 4.98 Å². The number of rotatable bonds is 2. The van der Waals surface area contributed by atoms with Crippen LogP contribution in [0.25, 0.3) is 10.9 Å². The number of amides is 1. The number of para-hydroxylation sites is 1. The Kier molecular flexibility index (Phi) is 3.54. The minimum atomic E-state index is -0.146. The number of aromatic amines is 1. The lowest BCUT2D eigenvalue weighted by molar-refractivity contribution is 0.0956. The summed E-state index contributed by atoms with van der Waals surface area (Å²) < 4.78 is 0. The molecule has 1 aromatic heterocycles. The summed E-state index contributed by atoms with van der Waals surface area (Å²) in [7, 11) is 0. The van der Waals surface area contributed by atoms with Crippen LogP contribution in [0.1, 0.15) is 43.0 Å². The van der Waals surface area contributed by atoms with Gasteiger partial charge in [-0.05, 0) is 31.2 Å². The number of carbonyl (C=O) groups excluding carboxylic acids is 1. The lowest BCUT2D eigenvalue weighted by Crippen LogP contribution is -2.24. The van der Waals surface area contributed by atoms with Crippen LogP contribution >= 0.6 is 0 Å². The van der Waals surface area contributed by atoms with Crippen LogP contribution in [0.4, 0.5) is 0 Å². The molecule has 0 aliphatic heterocycles. The highest BCUT2D eigenvalue weighted by Gasteiger charge is 2.17. The van der Waals surface area contributed by atoms with Crippen molar-refractivity contribution in [1.82, 2.24) is 10.4 Å². The second-order valence-electron chi connectivity index (χ2n) is 5.44. The maximum absolute atomic E-state index is 12.2. The molecule has 4 nitrogen and oxygen atoms in total. The number of hydrazone groups is 1. The predicted octanol–water partition coefficient (Wildman–Crippen LogP) is 3.46. The van der Waals surface area contributed by atoms with Crippen LogP contribution in [0.2, 0.25) is 0 Å². The Hall–Kier alpha value is -2.10. The Balaban J connectivity index is 1.78. The maximum Gasteiger partial charge on any atom is 0.273 e. The van der Waals surface area contributed by atoms with Crippen molar-refractivity contribution in [3.05, 3.63) is 36.0 Å². The lowest BCUT2D eigenvalue weighted by atomic mass is 9.89. The van der Waals surface area contributed by atoms with Gasteiger partial charge in [-0.1, -0.05) is 31.5 Å². The van der Waals surface area contributed by atoms with Crippen molar-refractivity contribution in [3.8, 4) is 0 Å². The summed E-state index contributed by atoms with van der Waals surface area (Å²) in [4.78, 5) is 15.3. The Morgan fingerprint density at radius 3 is 3.05 bits per heavy atom. The van der Waals surface area contributed by atoms with Gasteiger partial charge >= 0.3 is 0 Å². The zero-order valence-electron chi connectivity index (χ0n) is 11.6. The summed E-state index contributed by atoms with van der Waals surface area (Å²) in [5.74, 6) is 0.333. The average molecular weight is 269 g/mol. The number of H-pyrrole nitrogens is 1. The van der Waals surface area contributed by atoms with Crippen LogP contribution in [0.5, 0.6) is 0 Å². The molecule has 1 amide bonds. The molecule has 1 aliphatic carbocycles. The van der Waals surface area contributed by atoms with E-state index < -0.39 is 0 Å². The van der Waals surface area contributed by atoms with E-state index >= 15 is 0 Å². The Labute approximate surface area is 118 Å². The zero-order valence-corrected chi connectivity index (χ0v) is 11.6. The fourth-order valence-corrected chi connectivity index (χ4v) is 2.78. The fraction of sp³-hybridized carbons (Fsp3) is 0.375. The summed E-state index contributed by atoms with van der Waals surface area (Å²) in [6.45, 7) is 2.18. The molecule has 0 radical (unpaired) electrons. The third-order valence-electron chi connectivity index (χ3n) is 4.02. The molecule has 1 aromatic carbocycles. The van der Waals surface area contributed by atoms with E-state index in [0.29, 0.717) is 11.5 Å². The van der Waals surface area contributed by atoms with Crippen molar-refractivity contribution in [3.63, 3.8) is 0 Å². The molecule has 1 unspecified atom stereocenters. The van der Waals surface area contributed by atoms with Crippen molar-refractivity contribution in [2.75, 3.05) is 0 Å². The van der Waals surface area contributed by atoms with Crippen molar-refractivity contribution >= 4 is 22.5 Å². The standard InChI is InChI=1S/C16H19N3O/c1-11-6-2-4-8-14(11)18-19-16(20)13-10-17-15-9-5-3-7-12(13)15/h3,5,7,9-11,17H,2,4,6,8H2,1H3,(H,19,20). The van der Waals surface area contributed by atoms with E-state index in [1.807, 2.05) is 24.3 Å². The van der Waals surface area contributed by atoms with Crippen molar-refractivity contribution in [1.29, 1.82) is 0 Å². The van der Waals surface area contributed by atoms with E-state index in [9.17, 15) is 4.79 Å². The Morgan fingerprint density at radius 1 is 1.35 bits per heavy atom. The molecular weight excluding hydrogens is 250 g/mol. The van der Waals surface area contributed by atoms with Crippen LogP contribution in [-0.2, 0) is 0 Å². The van der Waals surface area contributed by atoms with Gasteiger partial charge in [-0.2, -0.15) is 5.10 Å². The first-order chi connectivity index (χ1) is 9.75. The number of hydrogen-bond donors (Lipinski definition) is 2. The topological polar surface area (TPSA) is 57.2 Å². The third-order valence-corrected chi connectivity index (χ3v) is 4.02. The van der Waals surface area contributed by atoms with Crippen LogP contribution in [0, 0.1) is 5.92 Å². The highest BCUT2D eigenvalue weighted by Crippen LogP contribution is 2.21. The van der Waals surface area contributed by atoms with Gasteiger partial charge in [-0.25, -0.2) is 5.43 Å².